The van der Waals surface area contributed by atoms with Crippen LogP contribution < -0.4 is 11.2 Å². The number of aromatic amines is 1. The van der Waals surface area contributed by atoms with Crippen molar-refractivity contribution in [2.45, 2.75) is 13.3 Å². The summed E-state index contributed by atoms with van der Waals surface area (Å²) in [6.07, 6.45) is 1.40. The fourth-order valence-corrected chi connectivity index (χ4v) is 1.52. The Morgan fingerprint density at radius 3 is 2.81 bits per heavy atom. The van der Waals surface area contributed by atoms with Crippen LogP contribution in [0.1, 0.15) is 18.1 Å². The third-order valence-electron chi connectivity index (χ3n) is 2.38. The maximum atomic E-state index is 11.8. The van der Waals surface area contributed by atoms with Gasteiger partial charge in [-0.3, -0.25) is 14.2 Å². The summed E-state index contributed by atoms with van der Waals surface area (Å²) in [7, 11) is 1.46. The van der Waals surface area contributed by atoms with Crippen molar-refractivity contribution >= 4 is 17.1 Å². The van der Waals surface area contributed by atoms with Gasteiger partial charge in [0.15, 0.2) is 5.65 Å². The third kappa shape index (κ3) is 1.21. The van der Waals surface area contributed by atoms with Crippen molar-refractivity contribution in [2.24, 2.45) is 7.05 Å². The van der Waals surface area contributed by atoms with Gasteiger partial charge in [0.25, 0.3) is 5.56 Å². The summed E-state index contributed by atoms with van der Waals surface area (Å²) in [4.78, 5) is 41.5. The summed E-state index contributed by atoms with van der Waals surface area (Å²) in [6.45, 7) is 1.59. The zero-order valence-corrected chi connectivity index (χ0v) is 8.85. The van der Waals surface area contributed by atoms with Crippen LogP contribution in [0.2, 0.25) is 0 Å². The lowest BCUT2D eigenvalue weighted by Crippen LogP contribution is -2.42. The van der Waals surface area contributed by atoms with Crippen molar-refractivity contribution in [1.29, 1.82) is 0 Å². The van der Waals surface area contributed by atoms with Gasteiger partial charge in [-0.2, -0.15) is 4.57 Å². The van der Waals surface area contributed by atoms with Gasteiger partial charge in [0, 0.05) is 13.5 Å². The Balaban J connectivity index is 3.00. The van der Waals surface area contributed by atoms with Crippen LogP contribution in [0, 0.1) is 0 Å². The number of carbonyl (C=O) groups is 1. The first-order valence-electron chi connectivity index (χ1n) is 4.76. The van der Waals surface area contributed by atoms with Crippen molar-refractivity contribution in [3.05, 3.63) is 27.2 Å². The number of nitrogens with one attached hydrogen (secondary N) is 1. The maximum Gasteiger partial charge on any atom is 0.339 e. The summed E-state index contributed by atoms with van der Waals surface area (Å²) in [6, 6.07) is 0. The van der Waals surface area contributed by atoms with Gasteiger partial charge in [0.2, 0.25) is 5.91 Å². The molecule has 2 aromatic rings. The Kier molecular flexibility index (Phi) is 2.22. The van der Waals surface area contributed by atoms with Gasteiger partial charge in [0.1, 0.15) is 5.52 Å². The van der Waals surface area contributed by atoms with E-state index in [2.05, 4.69) is 9.97 Å². The van der Waals surface area contributed by atoms with Crippen LogP contribution in [0.5, 0.6) is 0 Å². The normalized spacial score (nSPS) is 10.9. The number of H-pyrrole nitrogens is 1. The molecule has 0 saturated carbocycles. The first-order valence-corrected chi connectivity index (χ1v) is 4.76. The molecule has 0 unspecified atom stereocenters. The highest BCUT2D eigenvalue weighted by atomic mass is 16.2. The SMILES string of the molecule is CCC(=O)n1c(=O)c2[nH]cnc2n(C)c1=O. The number of hydrogen-bond acceptors (Lipinski definition) is 4. The van der Waals surface area contributed by atoms with Crippen molar-refractivity contribution in [3.63, 3.8) is 0 Å². The molecule has 1 N–H and O–H groups in total. The highest BCUT2D eigenvalue weighted by Crippen LogP contribution is 1.98. The lowest BCUT2D eigenvalue weighted by Gasteiger charge is -2.04. The molecule has 7 nitrogen and oxygen atoms in total. The molecule has 0 amide bonds. The van der Waals surface area contributed by atoms with E-state index in [-0.39, 0.29) is 17.6 Å². The topological polar surface area (TPSA) is 89.8 Å². The zero-order valence-electron chi connectivity index (χ0n) is 8.85. The van der Waals surface area contributed by atoms with Crippen LogP contribution in [0.25, 0.3) is 11.2 Å². The number of rotatable bonds is 1. The summed E-state index contributed by atoms with van der Waals surface area (Å²) < 4.78 is 1.79. The third-order valence-corrected chi connectivity index (χ3v) is 2.38. The molecule has 0 radical (unpaired) electrons. The lowest BCUT2D eigenvalue weighted by atomic mass is 10.4. The molecule has 0 fully saturated rings. The molecule has 7 heteroatoms. The minimum Gasteiger partial charge on any atom is -0.339 e. The number of aromatic nitrogens is 4. The molecular formula is C9H10N4O3. The van der Waals surface area contributed by atoms with Crippen LogP contribution in [0.3, 0.4) is 0 Å². The molecule has 0 bridgehead atoms. The van der Waals surface area contributed by atoms with E-state index in [0.717, 1.165) is 0 Å². The van der Waals surface area contributed by atoms with Crippen molar-refractivity contribution in [2.75, 3.05) is 0 Å². The van der Waals surface area contributed by atoms with E-state index < -0.39 is 17.2 Å². The van der Waals surface area contributed by atoms with Gasteiger partial charge < -0.3 is 4.98 Å². The summed E-state index contributed by atoms with van der Waals surface area (Å²) in [5, 5.41) is 0. The smallest absolute Gasteiger partial charge is 0.339 e. The van der Waals surface area contributed by atoms with E-state index in [0.29, 0.717) is 4.57 Å². The van der Waals surface area contributed by atoms with Gasteiger partial charge in [-0.15, -0.1) is 0 Å². The largest absolute Gasteiger partial charge is 0.339 e. The zero-order chi connectivity index (χ0) is 11.9. The van der Waals surface area contributed by atoms with Crippen molar-refractivity contribution < 1.29 is 4.79 Å². The average Bonchev–Trinajstić information content (AvgIpc) is 2.75. The fourth-order valence-electron chi connectivity index (χ4n) is 1.52. The van der Waals surface area contributed by atoms with Crippen LogP contribution in [-0.4, -0.2) is 25.0 Å². The Hall–Kier alpha value is -2.18. The minimum absolute atomic E-state index is 0.0921. The van der Waals surface area contributed by atoms with Crippen LogP contribution in [0.4, 0.5) is 0 Å². The monoisotopic (exact) mass is 222 g/mol. The summed E-state index contributed by atoms with van der Waals surface area (Å²) >= 11 is 0. The van der Waals surface area contributed by atoms with E-state index in [9.17, 15) is 14.4 Å². The molecule has 0 aliphatic rings. The minimum atomic E-state index is -0.670. The highest BCUT2D eigenvalue weighted by molar-refractivity contribution is 5.81. The molecule has 16 heavy (non-hydrogen) atoms. The number of hydrogen-bond donors (Lipinski definition) is 1. The average molecular weight is 222 g/mol. The van der Waals surface area contributed by atoms with E-state index in [4.69, 9.17) is 0 Å². The summed E-state index contributed by atoms with van der Waals surface area (Å²) in [5.41, 5.74) is -0.919. The van der Waals surface area contributed by atoms with E-state index in [1.165, 1.54) is 17.9 Å². The molecule has 0 saturated heterocycles. The second-order valence-corrected chi connectivity index (χ2v) is 3.33. The molecular weight excluding hydrogens is 212 g/mol. The Bertz CT molecular complexity index is 676. The van der Waals surface area contributed by atoms with Crippen LogP contribution in [-0.2, 0) is 7.05 Å². The molecule has 0 aliphatic carbocycles. The van der Waals surface area contributed by atoms with Gasteiger partial charge >= 0.3 is 5.69 Å². The quantitative estimate of drug-likeness (QED) is 0.702. The molecule has 2 heterocycles. The van der Waals surface area contributed by atoms with Crippen molar-refractivity contribution in [3.8, 4) is 0 Å². The van der Waals surface area contributed by atoms with Crippen LogP contribution >= 0.6 is 0 Å². The molecule has 84 valence electrons. The van der Waals surface area contributed by atoms with Crippen LogP contribution in [0.15, 0.2) is 15.9 Å². The molecule has 2 rings (SSSR count). The van der Waals surface area contributed by atoms with E-state index >= 15 is 0 Å². The predicted octanol–water partition coefficient (Wildman–Crippen LogP) is -0.527. The number of imidazole rings is 1. The Morgan fingerprint density at radius 2 is 2.19 bits per heavy atom. The molecule has 0 aliphatic heterocycles. The standard InChI is InChI=1S/C9H10N4O3/c1-3-5(14)13-8(15)6-7(11-4-10-6)12(2)9(13)16/h4H,3H2,1-2H3,(H,10,11). The lowest BCUT2D eigenvalue weighted by molar-refractivity contribution is 0.0898. The van der Waals surface area contributed by atoms with Gasteiger partial charge in [0.05, 0.1) is 6.33 Å². The Labute approximate surface area is 89.3 Å². The fraction of sp³-hybridized carbons (Fsp3) is 0.333. The van der Waals surface area contributed by atoms with Crippen molar-refractivity contribution in [1.82, 2.24) is 19.1 Å². The number of aryl methyl sites for hydroxylation is 1. The van der Waals surface area contributed by atoms with E-state index in [1.807, 2.05) is 0 Å². The second kappa shape index (κ2) is 3.44. The molecule has 0 spiro atoms. The molecule has 2 aromatic heterocycles. The first kappa shape index (κ1) is 10.3. The van der Waals surface area contributed by atoms with Gasteiger partial charge in [-0.05, 0) is 0 Å². The number of fused-ring (bicyclic) bond motifs is 1. The molecule has 0 aromatic carbocycles. The second-order valence-electron chi connectivity index (χ2n) is 3.33. The highest BCUT2D eigenvalue weighted by Gasteiger charge is 2.16. The Morgan fingerprint density at radius 1 is 1.50 bits per heavy atom. The van der Waals surface area contributed by atoms with Gasteiger partial charge in [-0.1, -0.05) is 6.92 Å². The summed E-state index contributed by atoms with van der Waals surface area (Å²) in [5.74, 6) is -0.526. The molecule has 0 atom stereocenters. The predicted molar refractivity (Wildman–Crippen MR) is 56.5 cm³/mol. The maximum absolute atomic E-state index is 11.8. The first-order chi connectivity index (χ1) is 7.57. The van der Waals surface area contributed by atoms with E-state index in [1.54, 1.807) is 6.92 Å². The number of carbonyl (C=O) groups excluding carboxylic acids is 1. The van der Waals surface area contributed by atoms with Gasteiger partial charge in [-0.25, -0.2) is 9.78 Å². The number of nitrogens with zero attached hydrogens (tertiary/aromatic N) is 3.